The highest BCUT2D eigenvalue weighted by atomic mass is 16.5. The van der Waals surface area contributed by atoms with E-state index in [-0.39, 0.29) is 11.4 Å². The number of aliphatic hydroxyl groups is 1. The molecular weight excluding hydrogens is 362 g/mol. The van der Waals surface area contributed by atoms with Crippen LogP contribution in [0.4, 0.5) is 0 Å². The standard InChI is InChI=1S/C20H23N3O5/c1-13(24)17-18(14-5-6-15(27-2)16(11-14)28-3)23(20(26)19(17)25)9-4-8-22-10-7-21-12-22/h5-7,10-12,18,25H,4,8-9H2,1-3H3/t18-/m0/s1. The number of nitrogens with zero attached hydrogens (tertiary/aromatic N) is 3. The van der Waals surface area contributed by atoms with Crippen molar-refractivity contribution in [3.8, 4) is 11.5 Å². The molecule has 1 aromatic carbocycles. The summed E-state index contributed by atoms with van der Waals surface area (Å²) in [5.74, 6) is -0.354. The summed E-state index contributed by atoms with van der Waals surface area (Å²) >= 11 is 0. The van der Waals surface area contributed by atoms with Crippen LogP contribution in [-0.2, 0) is 16.1 Å². The maximum absolute atomic E-state index is 12.7. The van der Waals surface area contributed by atoms with Crippen LogP contribution in [0.1, 0.15) is 24.9 Å². The summed E-state index contributed by atoms with van der Waals surface area (Å²) < 4.78 is 12.5. The second-order valence-corrected chi connectivity index (χ2v) is 6.49. The number of aliphatic hydroxyl groups excluding tert-OH is 1. The van der Waals surface area contributed by atoms with Crippen molar-refractivity contribution in [3.05, 3.63) is 53.8 Å². The molecule has 0 saturated heterocycles. The van der Waals surface area contributed by atoms with Gasteiger partial charge in [-0.3, -0.25) is 9.59 Å². The summed E-state index contributed by atoms with van der Waals surface area (Å²) in [7, 11) is 3.05. The van der Waals surface area contributed by atoms with Crippen molar-refractivity contribution in [3.63, 3.8) is 0 Å². The number of ether oxygens (including phenoxy) is 2. The highest BCUT2D eigenvalue weighted by Crippen LogP contribution is 2.40. The molecule has 1 N–H and O–H groups in total. The molecule has 0 bridgehead atoms. The van der Waals surface area contributed by atoms with E-state index in [0.29, 0.717) is 36.6 Å². The van der Waals surface area contributed by atoms with Gasteiger partial charge < -0.3 is 24.0 Å². The molecule has 2 aromatic rings. The Hall–Kier alpha value is -3.29. The first-order valence-corrected chi connectivity index (χ1v) is 8.90. The van der Waals surface area contributed by atoms with Gasteiger partial charge in [0.25, 0.3) is 5.91 Å². The van der Waals surface area contributed by atoms with E-state index in [0.717, 1.165) is 0 Å². The predicted molar refractivity (Wildman–Crippen MR) is 101 cm³/mol. The molecule has 0 fully saturated rings. The molecule has 0 radical (unpaired) electrons. The highest BCUT2D eigenvalue weighted by Gasteiger charge is 2.42. The van der Waals surface area contributed by atoms with Crippen molar-refractivity contribution in [2.75, 3.05) is 20.8 Å². The van der Waals surface area contributed by atoms with Crippen molar-refractivity contribution >= 4 is 11.7 Å². The van der Waals surface area contributed by atoms with Crippen LogP contribution in [0.15, 0.2) is 48.3 Å². The van der Waals surface area contributed by atoms with Crippen LogP contribution in [-0.4, -0.2) is 52.0 Å². The number of aromatic nitrogens is 2. The number of benzene rings is 1. The van der Waals surface area contributed by atoms with Crippen molar-refractivity contribution in [1.82, 2.24) is 14.5 Å². The van der Waals surface area contributed by atoms with Gasteiger partial charge in [0.15, 0.2) is 23.0 Å². The van der Waals surface area contributed by atoms with E-state index in [2.05, 4.69) is 4.98 Å². The Morgan fingerprint density at radius 2 is 1.96 bits per heavy atom. The summed E-state index contributed by atoms with van der Waals surface area (Å²) in [6, 6.07) is 4.54. The average molecular weight is 385 g/mol. The van der Waals surface area contributed by atoms with Crippen LogP contribution in [0.5, 0.6) is 11.5 Å². The quantitative estimate of drug-likeness (QED) is 0.749. The van der Waals surface area contributed by atoms with Gasteiger partial charge in [-0.05, 0) is 31.0 Å². The van der Waals surface area contributed by atoms with Gasteiger partial charge in [-0.15, -0.1) is 0 Å². The molecule has 0 unspecified atom stereocenters. The summed E-state index contributed by atoms with van der Waals surface area (Å²) in [5.41, 5.74) is 0.766. The molecular formula is C20H23N3O5. The normalized spacial score (nSPS) is 16.6. The zero-order valence-corrected chi connectivity index (χ0v) is 16.1. The molecule has 148 valence electrons. The van der Waals surface area contributed by atoms with Crippen LogP contribution in [0.25, 0.3) is 0 Å². The second kappa shape index (κ2) is 8.16. The van der Waals surface area contributed by atoms with E-state index in [1.165, 1.54) is 26.0 Å². The molecule has 1 aliphatic heterocycles. The highest BCUT2D eigenvalue weighted by molar-refractivity contribution is 6.08. The summed E-state index contributed by atoms with van der Waals surface area (Å²) in [5, 5.41) is 10.3. The van der Waals surface area contributed by atoms with E-state index in [1.807, 2.05) is 10.8 Å². The second-order valence-electron chi connectivity index (χ2n) is 6.49. The fourth-order valence-electron chi connectivity index (χ4n) is 3.46. The molecule has 1 amide bonds. The van der Waals surface area contributed by atoms with Crippen molar-refractivity contribution in [1.29, 1.82) is 0 Å². The maximum atomic E-state index is 12.7. The third-order valence-electron chi connectivity index (χ3n) is 4.78. The first-order valence-electron chi connectivity index (χ1n) is 8.90. The van der Waals surface area contributed by atoms with Crippen LogP contribution >= 0.6 is 0 Å². The number of hydrogen-bond donors (Lipinski definition) is 1. The number of Topliss-reactive ketones (excluding diaryl/α,β-unsaturated/α-hetero) is 1. The van der Waals surface area contributed by atoms with Gasteiger partial charge in [0.05, 0.1) is 32.2 Å². The number of carbonyl (C=O) groups is 2. The minimum absolute atomic E-state index is 0.0971. The Morgan fingerprint density at radius 1 is 1.21 bits per heavy atom. The fourth-order valence-corrected chi connectivity index (χ4v) is 3.46. The van der Waals surface area contributed by atoms with Crippen LogP contribution < -0.4 is 9.47 Å². The maximum Gasteiger partial charge on any atom is 0.290 e. The topological polar surface area (TPSA) is 93.9 Å². The molecule has 1 atom stereocenters. The largest absolute Gasteiger partial charge is 0.503 e. The van der Waals surface area contributed by atoms with Crippen LogP contribution in [0.3, 0.4) is 0 Å². The van der Waals surface area contributed by atoms with Crippen molar-refractivity contribution < 1.29 is 24.2 Å². The molecule has 28 heavy (non-hydrogen) atoms. The number of aryl methyl sites for hydroxylation is 1. The first kappa shape index (κ1) is 19.5. The van der Waals surface area contributed by atoms with Crippen molar-refractivity contribution in [2.24, 2.45) is 0 Å². The summed E-state index contributed by atoms with van der Waals surface area (Å²) in [4.78, 5) is 30.4. The van der Waals surface area contributed by atoms with Crippen LogP contribution in [0.2, 0.25) is 0 Å². The number of ketones is 1. The lowest BCUT2D eigenvalue weighted by Crippen LogP contribution is -2.32. The smallest absolute Gasteiger partial charge is 0.290 e. The average Bonchev–Trinajstić information content (AvgIpc) is 3.29. The van der Waals surface area contributed by atoms with E-state index < -0.39 is 17.7 Å². The van der Waals surface area contributed by atoms with Gasteiger partial charge in [-0.2, -0.15) is 0 Å². The fraction of sp³-hybridized carbons (Fsp3) is 0.350. The lowest BCUT2D eigenvalue weighted by Gasteiger charge is -2.27. The Morgan fingerprint density at radius 3 is 2.57 bits per heavy atom. The van der Waals surface area contributed by atoms with E-state index in [1.54, 1.807) is 30.7 Å². The Balaban J connectivity index is 1.92. The molecule has 0 saturated carbocycles. The zero-order valence-electron chi connectivity index (χ0n) is 16.1. The molecule has 1 aromatic heterocycles. The van der Waals surface area contributed by atoms with Gasteiger partial charge in [0, 0.05) is 25.5 Å². The minimum Gasteiger partial charge on any atom is -0.503 e. The summed E-state index contributed by atoms with van der Waals surface area (Å²) in [6.07, 6.45) is 5.88. The molecule has 8 nitrogen and oxygen atoms in total. The van der Waals surface area contributed by atoms with E-state index in [4.69, 9.17) is 9.47 Å². The number of amides is 1. The van der Waals surface area contributed by atoms with E-state index in [9.17, 15) is 14.7 Å². The van der Waals surface area contributed by atoms with Gasteiger partial charge in [-0.1, -0.05) is 6.07 Å². The third kappa shape index (κ3) is 3.58. The Kier molecular flexibility index (Phi) is 5.67. The number of methoxy groups -OCH3 is 2. The molecule has 8 heteroatoms. The number of carbonyl (C=O) groups excluding carboxylic acids is 2. The Bertz CT molecular complexity index is 905. The van der Waals surface area contributed by atoms with Crippen molar-refractivity contribution in [2.45, 2.75) is 25.9 Å². The molecule has 0 aliphatic carbocycles. The summed E-state index contributed by atoms with van der Waals surface area (Å²) in [6.45, 7) is 2.39. The third-order valence-corrected chi connectivity index (χ3v) is 4.78. The molecule has 1 aliphatic rings. The first-order chi connectivity index (χ1) is 13.5. The van der Waals surface area contributed by atoms with E-state index >= 15 is 0 Å². The zero-order chi connectivity index (χ0) is 20.3. The molecule has 0 spiro atoms. The number of rotatable bonds is 8. The SMILES string of the molecule is COc1ccc([C@H]2C(C(C)=O)=C(O)C(=O)N2CCCn2ccnc2)cc1OC. The predicted octanol–water partition coefficient (Wildman–Crippen LogP) is 2.28. The number of imidazole rings is 1. The lowest BCUT2D eigenvalue weighted by molar-refractivity contribution is -0.129. The van der Waals surface area contributed by atoms with Crippen LogP contribution in [0, 0.1) is 0 Å². The monoisotopic (exact) mass is 385 g/mol. The van der Waals surface area contributed by atoms with Gasteiger partial charge in [0.1, 0.15) is 0 Å². The van der Waals surface area contributed by atoms with Gasteiger partial charge in [-0.25, -0.2) is 4.98 Å². The molecule has 3 rings (SSSR count). The number of hydrogen-bond acceptors (Lipinski definition) is 6. The van der Waals surface area contributed by atoms with Gasteiger partial charge >= 0.3 is 0 Å². The molecule has 2 heterocycles. The minimum atomic E-state index is -0.674. The van der Waals surface area contributed by atoms with Gasteiger partial charge in [0.2, 0.25) is 0 Å². The Labute approximate surface area is 163 Å². The lowest BCUT2D eigenvalue weighted by atomic mass is 9.96.